The van der Waals surface area contributed by atoms with Crippen molar-refractivity contribution in [1.82, 2.24) is 4.98 Å². The average molecular weight is 563 g/mol. The fourth-order valence-corrected chi connectivity index (χ4v) is 6.58. The van der Waals surface area contributed by atoms with Crippen LogP contribution in [-0.2, 0) is 0 Å². The average Bonchev–Trinajstić information content (AvgIpc) is 3.47. The molecule has 2 heterocycles. The van der Waals surface area contributed by atoms with Gasteiger partial charge in [0, 0.05) is 46.3 Å². The molecule has 0 saturated carbocycles. The molecule has 0 fully saturated rings. The van der Waals surface area contributed by atoms with Crippen LogP contribution in [0, 0.1) is 0 Å². The molecule has 44 heavy (non-hydrogen) atoms. The normalized spacial score (nSPS) is 11.6. The van der Waals surface area contributed by atoms with E-state index in [4.69, 9.17) is 4.42 Å². The Labute approximate surface area is 254 Å². The molecule has 2 aromatic heterocycles. The number of fused-ring (bicyclic) bond motifs is 8. The van der Waals surface area contributed by atoms with Crippen molar-refractivity contribution in [2.75, 3.05) is 4.90 Å². The fourth-order valence-electron chi connectivity index (χ4n) is 6.58. The van der Waals surface area contributed by atoms with E-state index in [9.17, 15) is 0 Å². The van der Waals surface area contributed by atoms with E-state index in [1.165, 1.54) is 43.4 Å². The zero-order chi connectivity index (χ0) is 29.0. The van der Waals surface area contributed by atoms with Crippen LogP contribution in [0.3, 0.4) is 0 Å². The van der Waals surface area contributed by atoms with E-state index in [-0.39, 0.29) is 0 Å². The number of hydrogen-bond acceptors (Lipinski definition) is 3. The Morgan fingerprint density at radius 3 is 1.89 bits per heavy atom. The minimum atomic E-state index is 0.843. The van der Waals surface area contributed by atoms with Crippen LogP contribution in [0.15, 0.2) is 162 Å². The van der Waals surface area contributed by atoms with E-state index in [2.05, 4.69) is 149 Å². The predicted octanol–water partition coefficient (Wildman–Crippen LogP) is 11.6. The Morgan fingerprint density at radius 1 is 0.409 bits per heavy atom. The van der Waals surface area contributed by atoms with Crippen LogP contribution in [-0.4, -0.2) is 4.98 Å². The molecule has 3 nitrogen and oxygen atoms in total. The maximum Gasteiger partial charge on any atom is 0.138 e. The van der Waals surface area contributed by atoms with Crippen molar-refractivity contribution in [2.45, 2.75) is 0 Å². The summed E-state index contributed by atoms with van der Waals surface area (Å²) < 4.78 is 6.28. The molecular formula is C41H26N2O. The van der Waals surface area contributed by atoms with Gasteiger partial charge in [0.1, 0.15) is 11.2 Å². The lowest BCUT2D eigenvalue weighted by molar-refractivity contribution is 0.668. The maximum absolute atomic E-state index is 6.28. The molecule has 206 valence electrons. The number of aromatic nitrogens is 1. The van der Waals surface area contributed by atoms with Gasteiger partial charge in [-0.1, -0.05) is 97.1 Å². The fraction of sp³-hybridized carbons (Fsp3) is 0. The van der Waals surface area contributed by atoms with Crippen LogP contribution in [0.4, 0.5) is 17.1 Å². The van der Waals surface area contributed by atoms with E-state index in [0.717, 1.165) is 39.0 Å². The number of anilines is 3. The third-order valence-electron chi connectivity index (χ3n) is 8.73. The lowest BCUT2D eigenvalue weighted by atomic mass is 9.96. The molecule has 0 unspecified atom stereocenters. The van der Waals surface area contributed by atoms with E-state index < -0.39 is 0 Å². The van der Waals surface area contributed by atoms with Gasteiger partial charge >= 0.3 is 0 Å². The highest BCUT2D eigenvalue weighted by atomic mass is 16.3. The van der Waals surface area contributed by atoms with Crippen LogP contribution in [0.5, 0.6) is 0 Å². The van der Waals surface area contributed by atoms with Gasteiger partial charge in [0.25, 0.3) is 0 Å². The van der Waals surface area contributed by atoms with Crippen molar-refractivity contribution in [1.29, 1.82) is 0 Å². The highest BCUT2D eigenvalue weighted by Gasteiger charge is 2.17. The molecule has 3 heteroatoms. The highest BCUT2D eigenvalue weighted by molar-refractivity contribution is 6.17. The Kier molecular flexibility index (Phi) is 5.50. The summed E-state index contributed by atoms with van der Waals surface area (Å²) in [7, 11) is 0. The molecule has 0 aliphatic carbocycles. The Morgan fingerprint density at radius 2 is 1.05 bits per heavy atom. The van der Waals surface area contributed by atoms with Crippen LogP contribution < -0.4 is 4.90 Å². The summed E-state index contributed by atoms with van der Waals surface area (Å²) >= 11 is 0. The third-order valence-corrected chi connectivity index (χ3v) is 8.73. The van der Waals surface area contributed by atoms with Crippen molar-refractivity contribution in [3.8, 4) is 11.1 Å². The van der Waals surface area contributed by atoms with Crippen LogP contribution >= 0.6 is 0 Å². The number of benzene rings is 7. The quantitative estimate of drug-likeness (QED) is 0.200. The zero-order valence-corrected chi connectivity index (χ0v) is 23.8. The Balaban J connectivity index is 1.22. The first-order valence-corrected chi connectivity index (χ1v) is 14.9. The number of nitrogens with zero attached hydrogens (tertiary/aromatic N) is 2. The summed E-state index contributed by atoms with van der Waals surface area (Å²) in [5, 5.41) is 9.63. The van der Waals surface area contributed by atoms with Crippen molar-refractivity contribution in [3.63, 3.8) is 0 Å². The maximum atomic E-state index is 6.28. The van der Waals surface area contributed by atoms with E-state index in [1.54, 1.807) is 6.20 Å². The van der Waals surface area contributed by atoms with Crippen molar-refractivity contribution >= 4 is 71.3 Å². The summed E-state index contributed by atoms with van der Waals surface area (Å²) in [4.78, 5) is 6.63. The summed E-state index contributed by atoms with van der Waals surface area (Å²) in [6.07, 6.45) is 3.64. The van der Waals surface area contributed by atoms with Gasteiger partial charge in [-0.25, -0.2) is 0 Å². The zero-order valence-electron chi connectivity index (χ0n) is 23.8. The van der Waals surface area contributed by atoms with E-state index >= 15 is 0 Å². The lowest BCUT2D eigenvalue weighted by Crippen LogP contribution is -2.09. The second kappa shape index (κ2) is 9.82. The van der Waals surface area contributed by atoms with E-state index in [1.807, 2.05) is 12.3 Å². The number of hydrogen-bond donors (Lipinski definition) is 0. The van der Waals surface area contributed by atoms with Crippen LogP contribution in [0.2, 0.25) is 0 Å². The SMILES string of the molecule is c1ccc(-c2ccc(N(c3ccc4c(ccc5c6ccccc6ccc45)c3)c3ccc4c(c3)oc3ccncc34)cc2)cc1. The van der Waals surface area contributed by atoms with Gasteiger partial charge in [0.2, 0.25) is 0 Å². The molecule has 0 spiro atoms. The van der Waals surface area contributed by atoms with Crippen molar-refractivity contribution < 1.29 is 4.42 Å². The Hall–Kier alpha value is -5.93. The van der Waals surface area contributed by atoms with E-state index in [0.29, 0.717) is 0 Å². The molecule has 0 bridgehead atoms. The number of furan rings is 1. The van der Waals surface area contributed by atoms with Crippen molar-refractivity contribution in [2.24, 2.45) is 0 Å². The molecule has 0 N–H and O–H groups in total. The first-order chi connectivity index (χ1) is 21.8. The third kappa shape index (κ3) is 3.94. The number of pyridine rings is 1. The predicted molar refractivity (Wildman–Crippen MR) is 184 cm³/mol. The molecule has 0 aliphatic heterocycles. The molecule has 9 rings (SSSR count). The minimum Gasteiger partial charge on any atom is -0.456 e. The summed E-state index contributed by atoms with van der Waals surface area (Å²) in [5.74, 6) is 0. The molecule has 0 atom stereocenters. The molecule has 9 aromatic rings. The molecule has 0 radical (unpaired) electrons. The van der Waals surface area contributed by atoms with Gasteiger partial charge in [0.05, 0.1) is 0 Å². The second-order valence-corrected chi connectivity index (χ2v) is 11.3. The van der Waals surface area contributed by atoms with Gasteiger partial charge in [0.15, 0.2) is 0 Å². The first kappa shape index (κ1) is 24.6. The standard InChI is InChI=1S/C41H26N2O/c1-2-6-27(7-3-1)28-10-14-31(15-11-28)43(33-17-21-38-39-26-42-23-22-40(39)44-41(38)25-33)32-16-20-35-30(24-32)13-19-36-34-9-5-4-8-29(34)12-18-37(35)36/h1-26H. The summed E-state index contributed by atoms with van der Waals surface area (Å²) in [6.45, 7) is 0. The first-order valence-electron chi connectivity index (χ1n) is 14.9. The molecule has 7 aromatic carbocycles. The van der Waals surface area contributed by atoms with Gasteiger partial charge in [-0.2, -0.15) is 0 Å². The summed E-state index contributed by atoms with van der Waals surface area (Å²) in [6, 6.07) is 52.1. The highest BCUT2D eigenvalue weighted by Crippen LogP contribution is 2.41. The second-order valence-electron chi connectivity index (χ2n) is 11.3. The van der Waals surface area contributed by atoms with Gasteiger partial charge in [-0.3, -0.25) is 4.98 Å². The topological polar surface area (TPSA) is 29.3 Å². The van der Waals surface area contributed by atoms with Crippen LogP contribution in [0.25, 0.3) is 65.4 Å². The van der Waals surface area contributed by atoms with Crippen LogP contribution in [0.1, 0.15) is 0 Å². The smallest absolute Gasteiger partial charge is 0.138 e. The minimum absolute atomic E-state index is 0.843. The molecule has 0 amide bonds. The molecule has 0 saturated heterocycles. The van der Waals surface area contributed by atoms with Gasteiger partial charge in [-0.05, 0) is 85.9 Å². The monoisotopic (exact) mass is 562 g/mol. The molecule has 0 aliphatic rings. The Bertz CT molecular complexity index is 2490. The molecular weight excluding hydrogens is 536 g/mol. The number of rotatable bonds is 4. The van der Waals surface area contributed by atoms with Crippen molar-refractivity contribution in [3.05, 3.63) is 158 Å². The largest absolute Gasteiger partial charge is 0.456 e. The summed E-state index contributed by atoms with van der Waals surface area (Å²) in [5.41, 5.74) is 7.27. The van der Waals surface area contributed by atoms with Gasteiger partial charge < -0.3 is 9.32 Å². The lowest BCUT2D eigenvalue weighted by Gasteiger charge is -2.26. The van der Waals surface area contributed by atoms with Gasteiger partial charge in [-0.15, -0.1) is 0 Å².